The maximum absolute atomic E-state index is 14.6. The van der Waals surface area contributed by atoms with Crippen molar-refractivity contribution in [2.24, 2.45) is 0 Å². The molecule has 0 saturated carbocycles. The Bertz CT molecular complexity index is 1410. The standard InChI is InChI=1S/C28H30Cl2FN3O4S/c1-3-15-32-28(36)26(17-20-9-5-4-6-10-20)33(18-21-13-14-22(29)23(30)16-21)27(35)19-34(39(2,37)38)25-12-8-7-11-24(25)31/h4-14,16,26H,3,15,17-19H2,1-2H3,(H,32,36)/t26-/m1/s1. The first-order valence-corrected chi connectivity index (χ1v) is 14.9. The van der Waals surface area contributed by atoms with Crippen molar-refractivity contribution in [3.05, 3.63) is 99.8 Å². The van der Waals surface area contributed by atoms with Crippen molar-refractivity contribution in [3.63, 3.8) is 0 Å². The summed E-state index contributed by atoms with van der Waals surface area (Å²) in [6.07, 6.45) is 1.74. The maximum Gasteiger partial charge on any atom is 0.244 e. The molecule has 3 aromatic rings. The van der Waals surface area contributed by atoms with E-state index >= 15 is 0 Å². The number of rotatable bonds is 12. The number of hydrogen-bond acceptors (Lipinski definition) is 4. The predicted octanol–water partition coefficient (Wildman–Crippen LogP) is 5.06. The molecule has 39 heavy (non-hydrogen) atoms. The van der Waals surface area contributed by atoms with E-state index in [0.717, 1.165) is 17.9 Å². The number of halogens is 3. The molecule has 0 aliphatic rings. The quantitative estimate of drug-likeness (QED) is 0.318. The minimum absolute atomic E-state index is 0.0678. The van der Waals surface area contributed by atoms with Gasteiger partial charge in [-0.15, -0.1) is 0 Å². The van der Waals surface area contributed by atoms with Crippen LogP contribution >= 0.6 is 23.2 Å². The summed E-state index contributed by atoms with van der Waals surface area (Å²) < 4.78 is 40.7. The third-order valence-electron chi connectivity index (χ3n) is 5.96. The highest BCUT2D eigenvalue weighted by atomic mass is 35.5. The van der Waals surface area contributed by atoms with Gasteiger partial charge in [-0.05, 0) is 41.8 Å². The summed E-state index contributed by atoms with van der Waals surface area (Å²) in [5.41, 5.74) is 1.11. The van der Waals surface area contributed by atoms with Crippen LogP contribution in [0.15, 0.2) is 72.8 Å². The monoisotopic (exact) mass is 593 g/mol. The normalized spacial score (nSPS) is 12.0. The number of carbonyl (C=O) groups is 2. The van der Waals surface area contributed by atoms with Crippen LogP contribution in [0.2, 0.25) is 10.0 Å². The molecule has 0 spiro atoms. The zero-order chi connectivity index (χ0) is 28.6. The van der Waals surface area contributed by atoms with Crippen LogP contribution in [0.1, 0.15) is 24.5 Å². The molecule has 208 valence electrons. The lowest BCUT2D eigenvalue weighted by atomic mass is 10.0. The van der Waals surface area contributed by atoms with Gasteiger partial charge >= 0.3 is 0 Å². The van der Waals surface area contributed by atoms with Gasteiger partial charge in [0, 0.05) is 19.5 Å². The minimum Gasteiger partial charge on any atom is -0.354 e. The topological polar surface area (TPSA) is 86.8 Å². The van der Waals surface area contributed by atoms with Gasteiger partial charge in [0.1, 0.15) is 18.4 Å². The van der Waals surface area contributed by atoms with Crippen molar-refractivity contribution in [2.45, 2.75) is 32.4 Å². The van der Waals surface area contributed by atoms with Crippen LogP contribution in [-0.2, 0) is 32.6 Å². The summed E-state index contributed by atoms with van der Waals surface area (Å²) in [6, 6.07) is 18.3. The van der Waals surface area contributed by atoms with E-state index in [1.54, 1.807) is 18.2 Å². The van der Waals surface area contributed by atoms with E-state index in [4.69, 9.17) is 23.2 Å². The Labute approximate surface area is 238 Å². The molecular formula is C28H30Cl2FN3O4S. The molecule has 0 bridgehead atoms. The fourth-order valence-electron chi connectivity index (χ4n) is 4.00. The van der Waals surface area contributed by atoms with Crippen LogP contribution in [0.3, 0.4) is 0 Å². The van der Waals surface area contributed by atoms with E-state index in [1.807, 2.05) is 37.3 Å². The van der Waals surface area contributed by atoms with E-state index in [-0.39, 0.29) is 23.7 Å². The third kappa shape index (κ3) is 8.42. The first-order valence-electron chi connectivity index (χ1n) is 12.3. The number of para-hydroxylation sites is 1. The van der Waals surface area contributed by atoms with E-state index < -0.39 is 40.2 Å². The van der Waals surface area contributed by atoms with Crippen molar-refractivity contribution >= 4 is 50.7 Å². The molecule has 2 amide bonds. The third-order valence-corrected chi connectivity index (χ3v) is 7.82. The van der Waals surface area contributed by atoms with Crippen LogP contribution in [-0.4, -0.2) is 50.5 Å². The van der Waals surface area contributed by atoms with Gasteiger partial charge in [-0.1, -0.05) is 78.7 Å². The Morgan fingerprint density at radius 3 is 2.23 bits per heavy atom. The number of hydrogen-bond donors (Lipinski definition) is 1. The Morgan fingerprint density at radius 2 is 1.62 bits per heavy atom. The lowest BCUT2D eigenvalue weighted by Gasteiger charge is -2.33. The van der Waals surface area contributed by atoms with Gasteiger partial charge in [0.15, 0.2) is 0 Å². The smallest absolute Gasteiger partial charge is 0.244 e. The second-order valence-corrected chi connectivity index (χ2v) is 11.7. The van der Waals surface area contributed by atoms with Crippen LogP contribution in [0.25, 0.3) is 0 Å². The number of sulfonamides is 1. The molecule has 3 aromatic carbocycles. The van der Waals surface area contributed by atoms with Gasteiger partial charge in [-0.25, -0.2) is 12.8 Å². The van der Waals surface area contributed by atoms with Gasteiger partial charge in [-0.3, -0.25) is 13.9 Å². The summed E-state index contributed by atoms with van der Waals surface area (Å²) >= 11 is 12.3. The number of anilines is 1. The first kappa shape index (κ1) is 30.4. The summed E-state index contributed by atoms with van der Waals surface area (Å²) in [4.78, 5) is 28.6. The van der Waals surface area contributed by atoms with Crippen molar-refractivity contribution in [3.8, 4) is 0 Å². The van der Waals surface area contributed by atoms with Gasteiger partial charge in [0.2, 0.25) is 21.8 Å². The molecule has 0 saturated heterocycles. The molecule has 7 nitrogen and oxygen atoms in total. The molecule has 1 atom stereocenters. The molecule has 0 aliphatic heterocycles. The second-order valence-electron chi connectivity index (χ2n) is 8.99. The lowest BCUT2D eigenvalue weighted by Crippen LogP contribution is -2.53. The molecular weight excluding hydrogens is 564 g/mol. The molecule has 0 unspecified atom stereocenters. The van der Waals surface area contributed by atoms with Gasteiger partial charge < -0.3 is 10.2 Å². The fourth-order valence-corrected chi connectivity index (χ4v) is 5.17. The van der Waals surface area contributed by atoms with Crippen molar-refractivity contribution in [1.82, 2.24) is 10.2 Å². The first-order chi connectivity index (χ1) is 18.5. The highest BCUT2D eigenvalue weighted by Gasteiger charge is 2.33. The van der Waals surface area contributed by atoms with E-state index in [9.17, 15) is 22.4 Å². The van der Waals surface area contributed by atoms with Crippen molar-refractivity contribution in [1.29, 1.82) is 0 Å². The van der Waals surface area contributed by atoms with E-state index in [0.29, 0.717) is 27.9 Å². The Morgan fingerprint density at radius 1 is 0.949 bits per heavy atom. The van der Waals surface area contributed by atoms with Gasteiger partial charge in [0.25, 0.3) is 0 Å². The zero-order valence-corrected chi connectivity index (χ0v) is 23.9. The molecule has 0 fully saturated rings. The van der Waals surface area contributed by atoms with Crippen molar-refractivity contribution < 1.29 is 22.4 Å². The molecule has 3 rings (SSSR count). The average Bonchev–Trinajstić information content (AvgIpc) is 2.90. The van der Waals surface area contributed by atoms with Gasteiger partial charge in [-0.2, -0.15) is 0 Å². The molecule has 0 aliphatic carbocycles. The lowest BCUT2D eigenvalue weighted by molar-refractivity contribution is -0.140. The minimum atomic E-state index is -4.07. The summed E-state index contributed by atoms with van der Waals surface area (Å²) in [7, 11) is -4.07. The molecule has 0 aromatic heterocycles. The summed E-state index contributed by atoms with van der Waals surface area (Å²) in [6.45, 7) is 1.52. The number of amides is 2. The molecule has 0 radical (unpaired) electrons. The fraction of sp³-hybridized carbons (Fsp3) is 0.286. The molecule has 0 heterocycles. The molecule has 1 N–H and O–H groups in total. The van der Waals surface area contributed by atoms with E-state index in [2.05, 4.69) is 5.32 Å². The Kier molecular flexibility index (Phi) is 10.7. The zero-order valence-electron chi connectivity index (χ0n) is 21.6. The van der Waals surface area contributed by atoms with Crippen LogP contribution < -0.4 is 9.62 Å². The predicted molar refractivity (Wildman–Crippen MR) is 153 cm³/mol. The number of benzene rings is 3. The summed E-state index contributed by atoms with van der Waals surface area (Å²) in [5.74, 6) is -1.89. The molecule has 11 heteroatoms. The van der Waals surface area contributed by atoms with Crippen LogP contribution in [0, 0.1) is 5.82 Å². The number of nitrogens with zero attached hydrogens (tertiary/aromatic N) is 2. The Hall–Kier alpha value is -3.14. The van der Waals surface area contributed by atoms with Crippen molar-refractivity contribution in [2.75, 3.05) is 23.7 Å². The SMILES string of the molecule is CCCNC(=O)[C@@H](Cc1ccccc1)N(Cc1ccc(Cl)c(Cl)c1)C(=O)CN(c1ccccc1F)S(C)(=O)=O. The highest BCUT2D eigenvalue weighted by molar-refractivity contribution is 7.92. The largest absolute Gasteiger partial charge is 0.354 e. The summed E-state index contributed by atoms with van der Waals surface area (Å²) in [5, 5.41) is 3.43. The second kappa shape index (κ2) is 13.8. The van der Waals surface area contributed by atoms with Gasteiger partial charge in [0.05, 0.1) is 22.0 Å². The van der Waals surface area contributed by atoms with Crippen LogP contribution in [0.5, 0.6) is 0 Å². The Balaban J connectivity index is 2.07. The van der Waals surface area contributed by atoms with Crippen LogP contribution in [0.4, 0.5) is 10.1 Å². The number of nitrogens with one attached hydrogen (secondary N) is 1. The average molecular weight is 595 g/mol. The maximum atomic E-state index is 14.6. The number of carbonyl (C=O) groups excluding carboxylic acids is 2. The van der Waals surface area contributed by atoms with E-state index in [1.165, 1.54) is 23.1 Å². The highest BCUT2D eigenvalue weighted by Crippen LogP contribution is 2.26.